The van der Waals surface area contributed by atoms with Gasteiger partial charge in [0.25, 0.3) is 0 Å². The molecule has 3 aliphatic heterocycles. The number of para-hydroxylation sites is 2. The third-order valence-electron chi connectivity index (χ3n) is 7.46. The Labute approximate surface area is 157 Å². The first kappa shape index (κ1) is 16.0. The molecule has 1 unspecified atom stereocenters. The molecule has 0 bridgehead atoms. The van der Waals surface area contributed by atoms with Crippen molar-refractivity contribution in [2.45, 2.75) is 51.0 Å². The summed E-state index contributed by atoms with van der Waals surface area (Å²) in [6, 6.07) is 17.9. The van der Waals surface area contributed by atoms with Gasteiger partial charge in [-0.25, -0.2) is 0 Å². The van der Waals surface area contributed by atoms with E-state index in [-0.39, 0.29) is 16.4 Å². The Hall–Kier alpha value is -2.22. The predicted molar refractivity (Wildman–Crippen MR) is 110 cm³/mol. The van der Waals surface area contributed by atoms with Crippen LogP contribution in [0.2, 0.25) is 0 Å². The summed E-state index contributed by atoms with van der Waals surface area (Å²) in [5.41, 5.74) is 7.27. The van der Waals surface area contributed by atoms with Crippen LogP contribution < -0.4 is 9.80 Å². The van der Waals surface area contributed by atoms with Gasteiger partial charge in [-0.2, -0.15) is 0 Å². The lowest BCUT2D eigenvalue weighted by Crippen LogP contribution is -2.52. The average molecular weight is 345 g/mol. The van der Waals surface area contributed by atoms with Crippen molar-refractivity contribution in [2.75, 3.05) is 22.9 Å². The molecule has 0 saturated carbocycles. The van der Waals surface area contributed by atoms with Gasteiger partial charge in [0.15, 0.2) is 0 Å². The van der Waals surface area contributed by atoms with E-state index in [0.717, 1.165) is 13.1 Å². The highest BCUT2D eigenvalue weighted by Crippen LogP contribution is 2.56. The van der Waals surface area contributed by atoms with Gasteiger partial charge >= 0.3 is 0 Å². The normalized spacial score (nSPS) is 27.2. The van der Waals surface area contributed by atoms with Gasteiger partial charge in [-0.1, -0.05) is 64.1 Å². The first-order valence-electron chi connectivity index (χ1n) is 9.76. The molecule has 0 fully saturated rings. The van der Waals surface area contributed by atoms with E-state index < -0.39 is 0 Å². The van der Waals surface area contributed by atoms with Crippen molar-refractivity contribution in [3.05, 3.63) is 71.4 Å². The predicted octanol–water partition coefficient (Wildman–Crippen LogP) is 5.24. The molecule has 0 amide bonds. The maximum Gasteiger partial charge on any atom is 0.0669 e. The van der Waals surface area contributed by atoms with Crippen LogP contribution in [0.1, 0.15) is 45.7 Å². The summed E-state index contributed by atoms with van der Waals surface area (Å²) >= 11 is 0. The molecule has 134 valence electrons. The molecule has 0 spiro atoms. The summed E-state index contributed by atoms with van der Waals surface area (Å²) in [4.78, 5) is 5.21. The first-order valence-corrected chi connectivity index (χ1v) is 9.76. The number of hydrogen-bond donors (Lipinski definition) is 0. The minimum atomic E-state index is -0.0277. The van der Waals surface area contributed by atoms with Crippen LogP contribution in [0.5, 0.6) is 0 Å². The molecule has 3 aliphatic rings. The quantitative estimate of drug-likeness (QED) is 0.645. The third-order valence-corrected chi connectivity index (χ3v) is 7.46. The van der Waals surface area contributed by atoms with E-state index in [2.05, 4.69) is 99.0 Å². The van der Waals surface area contributed by atoms with E-state index in [1.54, 1.807) is 0 Å². The number of benzene rings is 2. The summed E-state index contributed by atoms with van der Waals surface area (Å²) < 4.78 is 0. The number of anilines is 2. The standard InChI is InChI=1S/C24H28N2/c1-22(2)17-10-6-8-12-19(17)25-14-15-26-20-13-9-7-11-18(20)23(3,4)24(26,5)16-21(22)25/h6-13,16H,14-15H2,1-5H3. The van der Waals surface area contributed by atoms with E-state index in [4.69, 9.17) is 0 Å². The fourth-order valence-electron chi connectivity index (χ4n) is 5.52. The van der Waals surface area contributed by atoms with Crippen molar-refractivity contribution in [2.24, 2.45) is 0 Å². The molecule has 2 nitrogen and oxygen atoms in total. The molecule has 0 saturated heterocycles. The summed E-state index contributed by atoms with van der Waals surface area (Å²) in [5.74, 6) is 0. The minimum absolute atomic E-state index is 0.0277. The van der Waals surface area contributed by atoms with Crippen LogP contribution in [0.4, 0.5) is 11.4 Å². The second-order valence-electron chi connectivity index (χ2n) is 9.26. The van der Waals surface area contributed by atoms with Crippen LogP contribution in [-0.4, -0.2) is 18.6 Å². The van der Waals surface area contributed by atoms with Crippen LogP contribution in [0.15, 0.2) is 60.3 Å². The van der Waals surface area contributed by atoms with Crippen LogP contribution in [0.25, 0.3) is 0 Å². The summed E-state index contributed by atoms with van der Waals surface area (Å²) in [5, 5.41) is 0. The topological polar surface area (TPSA) is 6.48 Å². The first-order chi connectivity index (χ1) is 12.3. The summed E-state index contributed by atoms with van der Waals surface area (Å²) in [6.45, 7) is 14.1. The Balaban J connectivity index is 1.75. The summed E-state index contributed by atoms with van der Waals surface area (Å²) in [6.07, 6.45) is 2.58. The van der Waals surface area contributed by atoms with Crippen LogP contribution in [0.3, 0.4) is 0 Å². The minimum Gasteiger partial charge on any atom is -0.360 e. The molecule has 26 heavy (non-hydrogen) atoms. The van der Waals surface area contributed by atoms with Crippen molar-refractivity contribution in [3.63, 3.8) is 0 Å². The van der Waals surface area contributed by atoms with Crippen LogP contribution >= 0.6 is 0 Å². The van der Waals surface area contributed by atoms with Gasteiger partial charge in [0.2, 0.25) is 0 Å². The molecule has 2 aromatic rings. The highest BCUT2D eigenvalue weighted by Gasteiger charge is 2.55. The van der Waals surface area contributed by atoms with Gasteiger partial charge in [0.05, 0.1) is 5.54 Å². The molecule has 1 atom stereocenters. The van der Waals surface area contributed by atoms with Gasteiger partial charge in [-0.3, -0.25) is 0 Å². The smallest absolute Gasteiger partial charge is 0.0669 e. The zero-order valence-electron chi connectivity index (χ0n) is 16.5. The molecule has 5 rings (SSSR count). The molecule has 0 aromatic heterocycles. The molecule has 0 radical (unpaired) electrons. The van der Waals surface area contributed by atoms with E-state index >= 15 is 0 Å². The van der Waals surface area contributed by atoms with E-state index in [1.165, 1.54) is 28.2 Å². The largest absolute Gasteiger partial charge is 0.360 e. The van der Waals surface area contributed by atoms with Gasteiger partial charge in [0, 0.05) is 41.0 Å². The zero-order chi connectivity index (χ0) is 18.3. The molecule has 0 aliphatic carbocycles. The SMILES string of the molecule is CC1(C)C2=CC3(C)N(CCN2c2ccccc21)c1ccccc1C3(C)C. The monoisotopic (exact) mass is 344 g/mol. The molecule has 0 N–H and O–H groups in total. The second kappa shape index (κ2) is 4.73. The zero-order valence-corrected chi connectivity index (χ0v) is 16.5. The van der Waals surface area contributed by atoms with E-state index in [0.29, 0.717) is 0 Å². The lowest BCUT2D eigenvalue weighted by Gasteiger charge is -2.43. The van der Waals surface area contributed by atoms with Crippen molar-refractivity contribution < 1.29 is 0 Å². The number of hydrogen-bond acceptors (Lipinski definition) is 2. The van der Waals surface area contributed by atoms with Gasteiger partial charge in [-0.15, -0.1) is 0 Å². The van der Waals surface area contributed by atoms with Crippen molar-refractivity contribution >= 4 is 11.4 Å². The van der Waals surface area contributed by atoms with Crippen molar-refractivity contribution in [1.29, 1.82) is 0 Å². The maximum absolute atomic E-state index is 2.65. The number of fused-ring (bicyclic) bond motifs is 6. The Morgan fingerprint density at radius 1 is 0.731 bits per heavy atom. The van der Waals surface area contributed by atoms with Gasteiger partial charge < -0.3 is 9.80 Å². The molecular formula is C24H28N2. The van der Waals surface area contributed by atoms with E-state index in [9.17, 15) is 0 Å². The lowest BCUT2D eigenvalue weighted by atomic mass is 9.69. The average Bonchev–Trinajstić information content (AvgIpc) is 2.83. The molecular weight excluding hydrogens is 316 g/mol. The second-order valence-corrected chi connectivity index (χ2v) is 9.26. The Morgan fingerprint density at radius 2 is 1.35 bits per heavy atom. The molecule has 2 aromatic carbocycles. The maximum atomic E-state index is 2.65. The Morgan fingerprint density at radius 3 is 2.08 bits per heavy atom. The highest BCUT2D eigenvalue weighted by atomic mass is 15.3. The van der Waals surface area contributed by atoms with Crippen molar-refractivity contribution in [3.8, 4) is 0 Å². The number of nitrogens with zero attached hydrogens (tertiary/aromatic N) is 2. The van der Waals surface area contributed by atoms with Crippen molar-refractivity contribution in [1.82, 2.24) is 0 Å². The van der Waals surface area contributed by atoms with Crippen LogP contribution in [-0.2, 0) is 10.8 Å². The Kier molecular flexibility index (Phi) is 2.91. The number of allylic oxidation sites excluding steroid dienone is 1. The van der Waals surface area contributed by atoms with Gasteiger partial charge in [0.1, 0.15) is 0 Å². The fourth-order valence-corrected chi connectivity index (χ4v) is 5.52. The third kappa shape index (κ3) is 1.68. The Bertz CT molecular complexity index is 937. The molecule has 2 heteroatoms. The lowest BCUT2D eigenvalue weighted by molar-refractivity contribution is 0.352. The highest BCUT2D eigenvalue weighted by molar-refractivity contribution is 5.75. The fraction of sp³-hybridized carbons (Fsp3) is 0.417. The summed E-state index contributed by atoms with van der Waals surface area (Å²) in [7, 11) is 0. The molecule has 3 heterocycles. The van der Waals surface area contributed by atoms with Gasteiger partial charge in [-0.05, 0) is 36.3 Å². The van der Waals surface area contributed by atoms with E-state index in [1.807, 2.05) is 0 Å². The number of rotatable bonds is 0. The van der Waals surface area contributed by atoms with Crippen LogP contribution in [0, 0.1) is 0 Å².